The van der Waals surface area contributed by atoms with Gasteiger partial charge in [0.2, 0.25) is 0 Å². The second-order valence-corrected chi connectivity index (χ2v) is 8.73. The number of rotatable bonds is 6. The Morgan fingerprint density at radius 1 is 1.15 bits per heavy atom. The molecule has 2 aromatic heterocycles. The van der Waals surface area contributed by atoms with Crippen LogP contribution in [0.2, 0.25) is 0 Å². The lowest BCUT2D eigenvalue weighted by molar-refractivity contribution is 0.0697. The number of hydrogen-bond donors (Lipinski definition) is 1. The van der Waals surface area contributed by atoms with E-state index < -0.39 is 5.97 Å². The lowest BCUT2D eigenvalue weighted by Gasteiger charge is -2.10. The largest absolute Gasteiger partial charge is 0.478 e. The summed E-state index contributed by atoms with van der Waals surface area (Å²) in [7, 11) is 0. The molecule has 0 bridgehead atoms. The van der Waals surface area contributed by atoms with E-state index in [1.54, 1.807) is 36.5 Å². The van der Waals surface area contributed by atoms with Crippen molar-refractivity contribution in [2.24, 2.45) is 5.10 Å². The standard InChI is InChI=1S/C25H23BrN4O3/c1-4-5-23-28-22-11-8-19(26)13-21(22)24(31)30(23)27-14-18-12-15(2)29(16(18)3)20-9-6-17(7-10-20)25(32)33/h6-14H,4-5H2,1-3H3,(H,32,33). The maximum absolute atomic E-state index is 13.2. The molecule has 0 aliphatic rings. The number of nitrogens with zero attached hydrogens (tertiary/aromatic N) is 4. The zero-order chi connectivity index (χ0) is 23.7. The van der Waals surface area contributed by atoms with Crippen molar-refractivity contribution in [1.29, 1.82) is 0 Å². The summed E-state index contributed by atoms with van der Waals surface area (Å²) in [6, 6.07) is 14.2. The van der Waals surface area contributed by atoms with E-state index in [1.165, 1.54) is 4.68 Å². The van der Waals surface area contributed by atoms with Crippen LogP contribution in [-0.4, -0.2) is 31.5 Å². The van der Waals surface area contributed by atoms with Gasteiger partial charge in [0, 0.05) is 33.5 Å². The fourth-order valence-electron chi connectivity index (χ4n) is 3.89. The first-order valence-corrected chi connectivity index (χ1v) is 11.4. The van der Waals surface area contributed by atoms with Crippen LogP contribution in [0.3, 0.4) is 0 Å². The van der Waals surface area contributed by atoms with Crippen molar-refractivity contribution in [3.8, 4) is 5.69 Å². The maximum atomic E-state index is 13.2. The highest BCUT2D eigenvalue weighted by Crippen LogP contribution is 2.21. The van der Waals surface area contributed by atoms with Crippen molar-refractivity contribution in [3.05, 3.63) is 91.7 Å². The molecule has 2 aromatic carbocycles. The number of halogens is 1. The monoisotopic (exact) mass is 506 g/mol. The molecule has 33 heavy (non-hydrogen) atoms. The Morgan fingerprint density at radius 2 is 1.88 bits per heavy atom. The Hall–Kier alpha value is -3.52. The highest BCUT2D eigenvalue weighted by atomic mass is 79.9. The second-order valence-electron chi connectivity index (χ2n) is 7.81. The zero-order valence-electron chi connectivity index (χ0n) is 18.5. The lowest BCUT2D eigenvalue weighted by atomic mass is 10.2. The Bertz CT molecular complexity index is 1450. The van der Waals surface area contributed by atoms with Crippen LogP contribution in [0.15, 0.2) is 62.9 Å². The number of aromatic carboxylic acids is 1. The average Bonchev–Trinajstić information content (AvgIpc) is 3.07. The first kappa shape index (κ1) is 22.7. The van der Waals surface area contributed by atoms with E-state index in [4.69, 9.17) is 5.11 Å². The molecule has 168 valence electrons. The average molecular weight is 507 g/mol. The van der Waals surface area contributed by atoms with Gasteiger partial charge < -0.3 is 9.67 Å². The minimum Gasteiger partial charge on any atom is -0.478 e. The van der Waals surface area contributed by atoms with Crippen LogP contribution in [0, 0.1) is 13.8 Å². The lowest BCUT2D eigenvalue weighted by Crippen LogP contribution is -2.22. The summed E-state index contributed by atoms with van der Waals surface area (Å²) in [6.07, 6.45) is 3.15. The van der Waals surface area contributed by atoms with E-state index in [9.17, 15) is 9.59 Å². The third-order valence-electron chi connectivity index (χ3n) is 5.50. The van der Waals surface area contributed by atoms with Gasteiger partial charge in [-0.2, -0.15) is 9.78 Å². The van der Waals surface area contributed by atoms with Crippen molar-refractivity contribution >= 4 is 39.0 Å². The molecule has 1 N–H and O–H groups in total. The molecule has 2 heterocycles. The molecule has 4 aromatic rings. The molecule has 0 radical (unpaired) electrons. The molecule has 0 saturated heterocycles. The number of carboxylic acids is 1. The number of aromatic nitrogens is 3. The summed E-state index contributed by atoms with van der Waals surface area (Å²) in [4.78, 5) is 29.0. The van der Waals surface area contributed by atoms with Crippen LogP contribution < -0.4 is 5.56 Å². The molecule has 0 saturated carbocycles. The van der Waals surface area contributed by atoms with Crippen LogP contribution in [-0.2, 0) is 6.42 Å². The van der Waals surface area contributed by atoms with Crippen LogP contribution in [0.4, 0.5) is 0 Å². The van der Waals surface area contributed by atoms with Crippen LogP contribution in [0.1, 0.15) is 46.5 Å². The molecule has 0 unspecified atom stereocenters. The van der Waals surface area contributed by atoms with Crippen molar-refractivity contribution in [3.63, 3.8) is 0 Å². The van der Waals surface area contributed by atoms with E-state index >= 15 is 0 Å². The van der Waals surface area contributed by atoms with Gasteiger partial charge in [-0.25, -0.2) is 9.78 Å². The van der Waals surface area contributed by atoms with Gasteiger partial charge in [-0.15, -0.1) is 0 Å². The van der Waals surface area contributed by atoms with E-state index in [1.807, 2.05) is 43.5 Å². The molecule has 0 aliphatic heterocycles. The van der Waals surface area contributed by atoms with E-state index in [0.717, 1.165) is 33.5 Å². The van der Waals surface area contributed by atoms with Gasteiger partial charge in [-0.05, 0) is 68.8 Å². The summed E-state index contributed by atoms with van der Waals surface area (Å²) >= 11 is 3.42. The number of hydrogen-bond acceptors (Lipinski definition) is 4. The van der Waals surface area contributed by atoms with Gasteiger partial charge in [0.25, 0.3) is 5.56 Å². The van der Waals surface area contributed by atoms with Gasteiger partial charge in [-0.1, -0.05) is 22.9 Å². The Morgan fingerprint density at radius 3 is 2.55 bits per heavy atom. The summed E-state index contributed by atoms with van der Waals surface area (Å²) in [5, 5.41) is 14.2. The Kier molecular flexibility index (Phi) is 6.29. The molecule has 4 rings (SSSR count). The van der Waals surface area contributed by atoms with Crippen molar-refractivity contribution in [1.82, 2.24) is 14.2 Å². The van der Waals surface area contributed by atoms with E-state index in [2.05, 4.69) is 26.0 Å². The van der Waals surface area contributed by atoms with Crippen molar-refractivity contribution in [2.45, 2.75) is 33.6 Å². The fourth-order valence-corrected chi connectivity index (χ4v) is 4.25. The maximum Gasteiger partial charge on any atom is 0.335 e. The second kappa shape index (κ2) is 9.15. The topological polar surface area (TPSA) is 89.5 Å². The Balaban J connectivity index is 1.78. The first-order chi connectivity index (χ1) is 15.8. The molecule has 0 spiro atoms. The molecular weight excluding hydrogens is 484 g/mol. The minimum atomic E-state index is -0.959. The fraction of sp³-hybridized carbons (Fsp3) is 0.200. The van der Waals surface area contributed by atoms with E-state index in [-0.39, 0.29) is 11.1 Å². The molecule has 8 heteroatoms. The molecule has 0 aliphatic carbocycles. The zero-order valence-corrected chi connectivity index (χ0v) is 20.1. The Labute approximate surface area is 199 Å². The number of aryl methyl sites for hydroxylation is 2. The normalized spacial score (nSPS) is 11.5. The molecule has 0 amide bonds. The summed E-state index contributed by atoms with van der Waals surface area (Å²) in [6.45, 7) is 5.97. The third kappa shape index (κ3) is 4.39. The van der Waals surface area contributed by atoms with Crippen molar-refractivity contribution in [2.75, 3.05) is 0 Å². The first-order valence-electron chi connectivity index (χ1n) is 10.6. The summed E-state index contributed by atoms with van der Waals surface area (Å²) in [5.41, 5.74) is 4.30. The van der Waals surface area contributed by atoms with Gasteiger partial charge >= 0.3 is 5.97 Å². The summed E-state index contributed by atoms with van der Waals surface area (Å²) < 4.78 is 4.22. The number of fused-ring (bicyclic) bond motifs is 1. The predicted molar refractivity (Wildman–Crippen MR) is 133 cm³/mol. The van der Waals surface area contributed by atoms with E-state index in [0.29, 0.717) is 23.1 Å². The van der Waals surface area contributed by atoms with Crippen LogP contribution in [0.5, 0.6) is 0 Å². The highest BCUT2D eigenvalue weighted by molar-refractivity contribution is 9.10. The quantitative estimate of drug-likeness (QED) is 0.368. The third-order valence-corrected chi connectivity index (χ3v) is 6.00. The number of benzene rings is 2. The van der Waals surface area contributed by atoms with Crippen LogP contribution in [0.25, 0.3) is 16.6 Å². The minimum absolute atomic E-state index is 0.209. The van der Waals surface area contributed by atoms with Gasteiger partial charge in [0.15, 0.2) is 0 Å². The van der Waals surface area contributed by atoms with Crippen molar-refractivity contribution < 1.29 is 9.90 Å². The number of carboxylic acid groups (broad SMARTS) is 1. The number of carbonyl (C=O) groups is 1. The SMILES string of the molecule is CCCc1nc2ccc(Br)cc2c(=O)n1N=Cc1cc(C)n(-c2ccc(C(=O)O)cc2)c1C. The summed E-state index contributed by atoms with van der Waals surface area (Å²) in [5.74, 6) is -0.341. The van der Waals surface area contributed by atoms with Crippen LogP contribution >= 0.6 is 15.9 Å². The predicted octanol–water partition coefficient (Wildman–Crippen LogP) is 5.10. The smallest absolute Gasteiger partial charge is 0.335 e. The molecule has 7 nitrogen and oxygen atoms in total. The molecule has 0 fully saturated rings. The highest BCUT2D eigenvalue weighted by Gasteiger charge is 2.13. The van der Waals surface area contributed by atoms with Gasteiger partial charge in [0.1, 0.15) is 5.82 Å². The molecule has 0 atom stereocenters. The van der Waals surface area contributed by atoms with Gasteiger partial charge in [-0.3, -0.25) is 4.79 Å². The van der Waals surface area contributed by atoms with Gasteiger partial charge in [0.05, 0.1) is 22.7 Å². The molecular formula is C25H23BrN4O3.